The van der Waals surface area contributed by atoms with Crippen LogP contribution in [0.3, 0.4) is 0 Å². The van der Waals surface area contributed by atoms with Crippen LogP contribution in [0.15, 0.2) is 0 Å². The van der Waals surface area contributed by atoms with Gasteiger partial charge in [-0.1, -0.05) is 0 Å². The molecule has 8 nitrogen and oxygen atoms in total. The summed E-state index contributed by atoms with van der Waals surface area (Å²) in [5.74, 6) is -2.08. The van der Waals surface area contributed by atoms with Gasteiger partial charge in [0.25, 0.3) is 0 Å². The molecule has 0 aromatic rings. The molecule has 0 aliphatic carbocycles. The molecule has 5 N–H and O–H groups in total. The maximum absolute atomic E-state index is 11.4. The fourth-order valence-electron chi connectivity index (χ4n) is 1.14. The zero-order valence-electron chi connectivity index (χ0n) is 10.3. The number of carboxylic acids is 1. The second-order valence-electron chi connectivity index (χ2n) is 3.46. The smallest absolute Gasteiger partial charge is 0.322 e. The van der Waals surface area contributed by atoms with Gasteiger partial charge in [-0.3, -0.25) is 14.4 Å². The summed E-state index contributed by atoms with van der Waals surface area (Å²) in [6.07, 6.45) is -0.312. The fraction of sp³-hybridized carbons (Fsp3) is 0.700. The lowest BCUT2D eigenvalue weighted by Gasteiger charge is -2.14. The molecule has 0 fully saturated rings. The van der Waals surface area contributed by atoms with Gasteiger partial charge >= 0.3 is 5.97 Å². The number of ether oxygens (including phenoxy) is 1. The first kappa shape index (κ1) is 16.3. The molecule has 18 heavy (non-hydrogen) atoms. The molecular weight excluding hydrogens is 242 g/mol. The van der Waals surface area contributed by atoms with Gasteiger partial charge in [0, 0.05) is 13.2 Å². The van der Waals surface area contributed by atoms with E-state index in [9.17, 15) is 14.4 Å². The summed E-state index contributed by atoms with van der Waals surface area (Å²) < 4.78 is 5.18. The number of nitrogens with one attached hydrogen (secondary N) is 2. The van der Waals surface area contributed by atoms with Gasteiger partial charge in [0.15, 0.2) is 0 Å². The van der Waals surface area contributed by atoms with Crippen molar-refractivity contribution in [3.63, 3.8) is 0 Å². The summed E-state index contributed by atoms with van der Waals surface area (Å²) >= 11 is 0. The van der Waals surface area contributed by atoms with Gasteiger partial charge in [-0.25, -0.2) is 0 Å². The maximum Gasteiger partial charge on any atom is 0.322 e. The van der Waals surface area contributed by atoms with Crippen molar-refractivity contribution in [3.8, 4) is 0 Å². The molecule has 8 heteroatoms. The Balaban J connectivity index is 3.81. The van der Waals surface area contributed by atoms with Crippen LogP contribution in [0.25, 0.3) is 0 Å². The highest BCUT2D eigenvalue weighted by molar-refractivity contribution is 5.86. The minimum Gasteiger partial charge on any atom is -0.480 e. The largest absolute Gasteiger partial charge is 0.480 e. The Labute approximate surface area is 105 Å². The third-order valence-electron chi connectivity index (χ3n) is 1.96. The molecule has 0 radical (unpaired) electrons. The van der Waals surface area contributed by atoms with Crippen molar-refractivity contribution in [1.29, 1.82) is 0 Å². The van der Waals surface area contributed by atoms with E-state index >= 15 is 0 Å². The van der Waals surface area contributed by atoms with Crippen LogP contribution in [0.5, 0.6) is 0 Å². The summed E-state index contributed by atoms with van der Waals surface area (Å²) in [6, 6.07) is 0. The zero-order chi connectivity index (χ0) is 14.0. The van der Waals surface area contributed by atoms with Gasteiger partial charge in [-0.2, -0.15) is 0 Å². The number of hydrogen-bond acceptors (Lipinski definition) is 5. The van der Waals surface area contributed by atoms with Gasteiger partial charge in [-0.05, 0) is 6.92 Å². The Hall–Kier alpha value is -1.67. The van der Waals surface area contributed by atoms with Crippen molar-refractivity contribution in [2.24, 2.45) is 5.73 Å². The molecule has 0 aromatic carbocycles. The average molecular weight is 261 g/mol. The summed E-state index contributed by atoms with van der Waals surface area (Å²) in [5.41, 5.74) is 5.39. The van der Waals surface area contributed by atoms with E-state index in [1.807, 2.05) is 0 Å². The number of carbonyl (C=O) groups is 3. The van der Waals surface area contributed by atoms with Gasteiger partial charge in [0.05, 0.1) is 19.1 Å². The molecule has 1 unspecified atom stereocenters. The normalized spacial score (nSPS) is 11.7. The van der Waals surface area contributed by atoms with Crippen LogP contribution in [0.4, 0.5) is 0 Å². The third kappa shape index (κ3) is 8.48. The summed E-state index contributed by atoms with van der Waals surface area (Å²) in [7, 11) is 0. The molecule has 0 bridgehead atoms. The lowest BCUT2D eigenvalue weighted by Crippen LogP contribution is -2.40. The van der Waals surface area contributed by atoms with Gasteiger partial charge in [0.2, 0.25) is 11.8 Å². The zero-order valence-corrected chi connectivity index (χ0v) is 10.3. The highest BCUT2D eigenvalue weighted by Gasteiger charge is 2.13. The molecule has 0 heterocycles. The first-order valence-electron chi connectivity index (χ1n) is 5.56. The fourth-order valence-corrected chi connectivity index (χ4v) is 1.14. The van der Waals surface area contributed by atoms with Crippen LogP contribution in [-0.4, -0.2) is 55.2 Å². The Morgan fingerprint density at radius 3 is 2.33 bits per heavy atom. The van der Waals surface area contributed by atoms with Gasteiger partial charge in [0.1, 0.15) is 6.54 Å². The quantitative estimate of drug-likeness (QED) is 0.382. The highest BCUT2D eigenvalue weighted by atomic mass is 16.5. The van der Waals surface area contributed by atoms with Gasteiger partial charge < -0.3 is 26.2 Å². The topological polar surface area (TPSA) is 131 Å². The number of nitrogens with two attached hydrogens (primary N) is 1. The predicted molar refractivity (Wildman–Crippen MR) is 62.7 cm³/mol. The maximum atomic E-state index is 11.4. The van der Waals surface area contributed by atoms with Crippen LogP contribution in [0, 0.1) is 0 Å². The second-order valence-corrected chi connectivity index (χ2v) is 3.46. The van der Waals surface area contributed by atoms with E-state index in [1.165, 1.54) is 0 Å². The van der Waals surface area contributed by atoms with Crippen molar-refractivity contribution in [2.75, 3.05) is 26.2 Å². The monoisotopic (exact) mass is 261 g/mol. The van der Waals surface area contributed by atoms with Crippen LogP contribution in [-0.2, 0) is 19.1 Å². The van der Waals surface area contributed by atoms with Crippen LogP contribution in [0.1, 0.15) is 13.3 Å². The van der Waals surface area contributed by atoms with Crippen LogP contribution >= 0.6 is 0 Å². The SMILES string of the molecule is CCOC(CN)CC(=O)NCC(=O)NCC(=O)O. The molecule has 104 valence electrons. The van der Waals surface area contributed by atoms with E-state index < -0.39 is 18.4 Å². The number of aliphatic carboxylic acids is 1. The highest BCUT2D eigenvalue weighted by Crippen LogP contribution is 1.96. The minimum absolute atomic E-state index is 0.0660. The van der Waals surface area contributed by atoms with Crippen molar-refractivity contribution in [3.05, 3.63) is 0 Å². The van der Waals surface area contributed by atoms with Crippen molar-refractivity contribution >= 4 is 17.8 Å². The van der Waals surface area contributed by atoms with E-state index in [-0.39, 0.29) is 31.5 Å². The molecular formula is C10H19N3O5. The average Bonchev–Trinajstić information content (AvgIpc) is 2.33. The minimum atomic E-state index is -1.14. The molecule has 0 aliphatic heterocycles. The molecule has 0 rings (SSSR count). The Morgan fingerprint density at radius 2 is 1.83 bits per heavy atom. The second kappa shape index (κ2) is 9.37. The molecule has 0 aromatic heterocycles. The summed E-state index contributed by atoms with van der Waals surface area (Å²) in [6.45, 7) is 1.72. The number of carbonyl (C=O) groups excluding carboxylic acids is 2. The lowest BCUT2D eigenvalue weighted by atomic mass is 10.2. The molecule has 0 aliphatic rings. The van der Waals surface area contributed by atoms with Crippen molar-refractivity contribution in [1.82, 2.24) is 10.6 Å². The van der Waals surface area contributed by atoms with Crippen molar-refractivity contribution in [2.45, 2.75) is 19.4 Å². The number of hydrogen-bond donors (Lipinski definition) is 4. The summed E-state index contributed by atoms with van der Waals surface area (Å²) in [4.78, 5) is 32.6. The van der Waals surface area contributed by atoms with E-state index in [1.54, 1.807) is 6.92 Å². The van der Waals surface area contributed by atoms with E-state index in [2.05, 4.69) is 10.6 Å². The van der Waals surface area contributed by atoms with E-state index in [0.29, 0.717) is 6.61 Å². The predicted octanol–water partition coefficient (Wildman–Crippen LogP) is -1.94. The van der Waals surface area contributed by atoms with Crippen molar-refractivity contribution < 1.29 is 24.2 Å². The standard InChI is InChI=1S/C10H19N3O5/c1-2-18-7(4-11)3-8(14)12-5-9(15)13-6-10(16)17/h7H,2-6,11H2,1H3,(H,12,14)(H,13,15)(H,16,17). The van der Waals surface area contributed by atoms with E-state index in [4.69, 9.17) is 15.6 Å². The molecule has 0 saturated carbocycles. The molecule has 1 atom stereocenters. The molecule has 2 amide bonds. The lowest BCUT2D eigenvalue weighted by molar-refractivity contribution is -0.137. The Morgan fingerprint density at radius 1 is 1.22 bits per heavy atom. The van der Waals surface area contributed by atoms with Crippen LogP contribution < -0.4 is 16.4 Å². The van der Waals surface area contributed by atoms with Crippen LogP contribution in [0.2, 0.25) is 0 Å². The number of carboxylic acid groups (broad SMARTS) is 1. The Bertz CT molecular complexity index is 295. The Kier molecular flexibility index (Phi) is 8.50. The first-order valence-corrected chi connectivity index (χ1v) is 5.56. The molecule has 0 saturated heterocycles. The van der Waals surface area contributed by atoms with Gasteiger partial charge in [-0.15, -0.1) is 0 Å². The first-order chi connectivity index (χ1) is 8.49. The molecule has 0 spiro atoms. The number of rotatable bonds is 9. The third-order valence-corrected chi connectivity index (χ3v) is 1.96. The van der Waals surface area contributed by atoms with E-state index in [0.717, 1.165) is 0 Å². The summed E-state index contributed by atoms with van der Waals surface area (Å²) in [5, 5.41) is 12.8. The number of amides is 2.